The fourth-order valence-corrected chi connectivity index (χ4v) is 1.66. The summed E-state index contributed by atoms with van der Waals surface area (Å²) in [5.41, 5.74) is 6.63. The summed E-state index contributed by atoms with van der Waals surface area (Å²) in [7, 11) is 0. The van der Waals surface area contributed by atoms with E-state index in [1.54, 1.807) is 0 Å². The van der Waals surface area contributed by atoms with Crippen LogP contribution in [0.4, 0.5) is 21.8 Å². The van der Waals surface area contributed by atoms with Crippen LogP contribution in [0.3, 0.4) is 0 Å². The number of halogens is 1. The van der Waals surface area contributed by atoms with Crippen LogP contribution in [0.15, 0.2) is 42.6 Å². The van der Waals surface area contributed by atoms with Gasteiger partial charge < -0.3 is 11.1 Å². The average Bonchev–Trinajstić information content (AvgIpc) is 2.42. The molecule has 3 aromatic rings. The van der Waals surface area contributed by atoms with E-state index >= 15 is 0 Å². The van der Waals surface area contributed by atoms with E-state index < -0.39 is 5.82 Å². The standard InChI is InChI=1S/C13H10FN5/c14-10-6-8-7-16-13(19-12(8)18-11(10)15)17-9-4-2-1-3-5-9/h1-7H,(H3,15,16,17,18,19). The van der Waals surface area contributed by atoms with Gasteiger partial charge in [-0.3, -0.25) is 0 Å². The van der Waals surface area contributed by atoms with Gasteiger partial charge in [0, 0.05) is 17.3 Å². The second-order valence-corrected chi connectivity index (χ2v) is 3.95. The topological polar surface area (TPSA) is 76.7 Å². The maximum absolute atomic E-state index is 13.2. The van der Waals surface area contributed by atoms with Crippen molar-refractivity contribution in [3.63, 3.8) is 0 Å². The Bertz CT molecular complexity index is 730. The molecule has 0 aliphatic heterocycles. The average molecular weight is 255 g/mol. The van der Waals surface area contributed by atoms with Crippen molar-refractivity contribution in [1.29, 1.82) is 0 Å². The lowest BCUT2D eigenvalue weighted by atomic mass is 10.3. The smallest absolute Gasteiger partial charge is 0.229 e. The first-order chi connectivity index (χ1) is 9.22. The van der Waals surface area contributed by atoms with Crippen LogP contribution in [-0.4, -0.2) is 15.0 Å². The molecular weight excluding hydrogens is 245 g/mol. The lowest BCUT2D eigenvalue weighted by Gasteiger charge is -2.05. The van der Waals surface area contributed by atoms with Gasteiger partial charge in [0.05, 0.1) is 0 Å². The molecule has 0 bridgehead atoms. The molecule has 3 rings (SSSR count). The first-order valence-electron chi connectivity index (χ1n) is 5.63. The molecular formula is C13H10FN5. The van der Waals surface area contributed by atoms with Gasteiger partial charge in [-0.1, -0.05) is 18.2 Å². The number of hydrogen-bond acceptors (Lipinski definition) is 5. The third-order valence-electron chi connectivity index (χ3n) is 2.58. The summed E-state index contributed by atoms with van der Waals surface area (Å²) in [6, 6.07) is 10.8. The van der Waals surface area contributed by atoms with E-state index in [1.165, 1.54) is 12.3 Å². The summed E-state index contributed by atoms with van der Waals surface area (Å²) in [5, 5.41) is 3.54. The minimum absolute atomic E-state index is 0.170. The number of nitrogens with zero attached hydrogens (tertiary/aromatic N) is 3. The molecule has 0 aliphatic rings. The van der Waals surface area contributed by atoms with Crippen molar-refractivity contribution in [1.82, 2.24) is 15.0 Å². The largest absolute Gasteiger partial charge is 0.381 e. The lowest BCUT2D eigenvalue weighted by Crippen LogP contribution is -2.01. The van der Waals surface area contributed by atoms with Gasteiger partial charge >= 0.3 is 0 Å². The van der Waals surface area contributed by atoms with Crippen LogP contribution in [0.2, 0.25) is 0 Å². The molecule has 19 heavy (non-hydrogen) atoms. The summed E-state index contributed by atoms with van der Waals surface area (Å²) in [4.78, 5) is 12.2. The summed E-state index contributed by atoms with van der Waals surface area (Å²) in [5.74, 6) is -0.353. The van der Waals surface area contributed by atoms with Crippen molar-refractivity contribution in [3.8, 4) is 0 Å². The number of nitrogens with one attached hydrogen (secondary N) is 1. The molecule has 2 heterocycles. The van der Waals surface area contributed by atoms with Crippen LogP contribution in [0.25, 0.3) is 11.0 Å². The number of nitrogens with two attached hydrogens (primary N) is 1. The van der Waals surface area contributed by atoms with E-state index in [0.29, 0.717) is 17.0 Å². The summed E-state index contributed by atoms with van der Waals surface area (Å²) in [6.45, 7) is 0. The number of fused-ring (bicyclic) bond motifs is 1. The maximum Gasteiger partial charge on any atom is 0.229 e. The first kappa shape index (κ1) is 11.3. The molecule has 0 fully saturated rings. The molecule has 3 N–H and O–H groups in total. The molecule has 0 atom stereocenters. The van der Waals surface area contributed by atoms with Gasteiger partial charge in [-0.25, -0.2) is 14.4 Å². The molecule has 0 saturated heterocycles. The van der Waals surface area contributed by atoms with E-state index in [9.17, 15) is 4.39 Å². The highest BCUT2D eigenvalue weighted by atomic mass is 19.1. The van der Waals surface area contributed by atoms with E-state index in [2.05, 4.69) is 20.3 Å². The zero-order chi connectivity index (χ0) is 13.2. The van der Waals surface area contributed by atoms with E-state index in [4.69, 9.17) is 5.73 Å². The molecule has 0 unspecified atom stereocenters. The molecule has 2 aromatic heterocycles. The molecule has 0 saturated carbocycles. The number of hydrogen-bond donors (Lipinski definition) is 2. The highest BCUT2D eigenvalue weighted by Gasteiger charge is 2.06. The number of pyridine rings is 1. The number of anilines is 3. The zero-order valence-corrected chi connectivity index (χ0v) is 9.84. The fraction of sp³-hybridized carbons (Fsp3) is 0. The number of aromatic nitrogens is 3. The number of benzene rings is 1. The van der Waals surface area contributed by atoms with E-state index in [0.717, 1.165) is 5.69 Å². The SMILES string of the molecule is Nc1nc2nc(Nc3ccccc3)ncc2cc1F. The first-order valence-corrected chi connectivity index (χ1v) is 5.63. The molecule has 0 radical (unpaired) electrons. The molecule has 0 aliphatic carbocycles. The van der Waals surface area contributed by atoms with Gasteiger partial charge in [0.1, 0.15) is 0 Å². The van der Waals surface area contributed by atoms with Crippen molar-refractivity contribution in [2.75, 3.05) is 11.1 Å². The Morgan fingerprint density at radius 3 is 2.68 bits per heavy atom. The van der Waals surface area contributed by atoms with Crippen LogP contribution in [0.1, 0.15) is 0 Å². The summed E-state index contributed by atoms with van der Waals surface area (Å²) < 4.78 is 13.2. The summed E-state index contributed by atoms with van der Waals surface area (Å²) >= 11 is 0. The van der Waals surface area contributed by atoms with Gasteiger partial charge in [-0.2, -0.15) is 4.98 Å². The third-order valence-corrected chi connectivity index (χ3v) is 2.58. The Labute approximate surface area is 108 Å². The number of nitrogen functional groups attached to an aromatic ring is 1. The lowest BCUT2D eigenvalue weighted by molar-refractivity contribution is 0.629. The zero-order valence-electron chi connectivity index (χ0n) is 9.84. The van der Waals surface area contributed by atoms with Crippen LogP contribution >= 0.6 is 0 Å². The molecule has 5 nitrogen and oxygen atoms in total. The van der Waals surface area contributed by atoms with Gasteiger partial charge in [0.2, 0.25) is 5.95 Å². The van der Waals surface area contributed by atoms with Crippen molar-refractivity contribution < 1.29 is 4.39 Å². The van der Waals surface area contributed by atoms with Crippen molar-refractivity contribution in [2.24, 2.45) is 0 Å². The predicted octanol–water partition coefficient (Wildman–Crippen LogP) is 2.49. The molecule has 6 heteroatoms. The molecule has 94 valence electrons. The Morgan fingerprint density at radius 2 is 1.89 bits per heavy atom. The monoisotopic (exact) mass is 255 g/mol. The van der Waals surface area contributed by atoms with Crippen LogP contribution in [0, 0.1) is 5.82 Å². The third kappa shape index (κ3) is 2.28. The predicted molar refractivity (Wildman–Crippen MR) is 71.4 cm³/mol. The van der Waals surface area contributed by atoms with Crippen LogP contribution < -0.4 is 11.1 Å². The normalized spacial score (nSPS) is 10.6. The highest BCUT2D eigenvalue weighted by molar-refractivity contribution is 5.77. The number of para-hydroxylation sites is 1. The maximum atomic E-state index is 13.2. The minimum Gasteiger partial charge on any atom is -0.381 e. The second kappa shape index (κ2) is 4.49. The van der Waals surface area contributed by atoms with Gasteiger partial charge in [0.25, 0.3) is 0 Å². The van der Waals surface area contributed by atoms with Gasteiger partial charge in [0.15, 0.2) is 17.3 Å². The fourth-order valence-electron chi connectivity index (χ4n) is 1.66. The minimum atomic E-state index is -0.570. The van der Waals surface area contributed by atoms with Crippen molar-refractivity contribution in [2.45, 2.75) is 0 Å². The Morgan fingerprint density at radius 1 is 1.11 bits per heavy atom. The van der Waals surface area contributed by atoms with E-state index in [1.807, 2.05) is 30.3 Å². The van der Waals surface area contributed by atoms with Crippen LogP contribution in [-0.2, 0) is 0 Å². The molecule has 1 aromatic carbocycles. The van der Waals surface area contributed by atoms with Crippen molar-refractivity contribution >= 4 is 28.5 Å². The quantitative estimate of drug-likeness (QED) is 0.735. The van der Waals surface area contributed by atoms with Gasteiger partial charge in [-0.05, 0) is 18.2 Å². The Balaban J connectivity index is 2.00. The second-order valence-electron chi connectivity index (χ2n) is 3.95. The Hall–Kier alpha value is -2.76. The summed E-state index contributed by atoms with van der Waals surface area (Å²) in [6.07, 6.45) is 1.50. The molecule has 0 spiro atoms. The van der Waals surface area contributed by atoms with E-state index in [-0.39, 0.29) is 5.82 Å². The molecule has 0 amide bonds. The highest BCUT2D eigenvalue weighted by Crippen LogP contribution is 2.18. The Kier molecular flexibility index (Phi) is 2.68. The van der Waals surface area contributed by atoms with Crippen LogP contribution in [0.5, 0.6) is 0 Å². The van der Waals surface area contributed by atoms with Crippen molar-refractivity contribution in [3.05, 3.63) is 48.4 Å². The van der Waals surface area contributed by atoms with Gasteiger partial charge in [-0.15, -0.1) is 0 Å². The number of rotatable bonds is 2.